The number of carbonyl (C=O) groups is 1. The summed E-state index contributed by atoms with van der Waals surface area (Å²) >= 11 is 0. The van der Waals surface area contributed by atoms with Crippen molar-refractivity contribution in [3.8, 4) is 0 Å². The molecule has 1 aliphatic heterocycles. The monoisotopic (exact) mass is 203 g/mol. The summed E-state index contributed by atoms with van der Waals surface area (Å²) in [7, 11) is 3.89. The molecule has 78 valence electrons. The second-order valence-corrected chi connectivity index (χ2v) is 3.77. The van der Waals surface area contributed by atoms with Crippen LogP contribution >= 0.6 is 0 Å². The van der Waals surface area contributed by atoms with Crippen molar-refractivity contribution in [3.05, 3.63) is 29.3 Å². The molecule has 2 rings (SSSR count). The van der Waals surface area contributed by atoms with Crippen molar-refractivity contribution in [1.82, 2.24) is 0 Å². The van der Waals surface area contributed by atoms with E-state index in [9.17, 15) is 4.79 Å². The molecule has 0 aliphatic carbocycles. The molecule has 0 bridgehead atoms. The lowest BCUT2D eigenvalue weighted by Crippen LogP contribution is -2.26. The van der Waals surface area contributed by atoms with Gasteiger partial charge < -0.3 is 10.6 Å². The van der Waals surface area contributed by atoms with Gasteiger partial charge in [0.2, 0.25) is 0 Å². The van der Waals surface area contributed by atoms with Crippen LogP contribution in [-0.4, -0.2) is 25.8 Å². The fourth-order valence-electron chi connectivity index (χ4n) is 1.79. The van der Waals surface area contributed by atoms with Gasteiger partial charge in [0, 0.05) is 25.3 Å². The molecule has 1 amide bonds. The lowest BCUT2D eigenvalue weighted by molar-refractivity contribution is -0.117. The molecule has 1 aromatic carbocycles. The number of aliphatic imine (C=N–C) groups is 1. The number of hydrogen-bond acceptors (Lipinski definition) is 3. The van der Waals surface area contributed by atoms with Gasteiger partial charge in [0.25, 0.3) is 5.91 Å². The number of nitrogens with zero attached hydrogens (tertiary/aromatic N) is 2. The molecule has 1 heterocycles. The normalized spacial score (nSPS) is 14.5. The molecule has 1 aliphatic rings. The number of fused-ring (bicyclic) bond motifs is 1. The van der Waals surface area contributed by atoms with Crippen LogP contribution in [-0.2, 0) is 11.2 Å². The van der Waals surface area contributed by atoms with Crippen molar-refractivity contribution in [3.63, 3.8) is 0 Å². The number of hydrogen-bond donors (Lipinski definition) is 1. The number of anilines is 1. The van der Waals surface area contributed by atoms with Crippen LogP contribution in [0, 0.1) is 0 Å². The number of benzene rings is 1. The highest BCUT2D eigenvalue weighted by Gasteiger charge is 2.20. The van der Waals surface area contributed by atoms with Gasteiger partial charge in [-0.2, -0.15) is 4.99 Å². The Bertz CT molecular complexity index is 449. The fraction of sp³-hybridized carbons (Fsp3) is 0.273. The second-order valence-electron chi connectivity index (χ2n) is 3.77. The Morgan fingerprint density at radius 3 is 2.80 bits per heavy atom. The Balaban J connectivity index is 2.64. The highest BCUT2D eigenvalue weighted by molar-refractivity contribution is 6.12. The predicted octanol–water partition coefficient (Wildman–Crippen LogP) is 0.541. The van der Waals surface area contributed by atoms with Crippen LogP contribution in [0.3, 0.4) is 0 Å². The van der Waals surface area contributed by atoms with Crippen LogP contribution in [0.4, 0.5) is 5.69 Å². The van der Waals surface area contributed by atoms with Gasteiger partial charge in [-0.15, -0.1) is 0 Å². The first kappa shape index (κ1) is 9.71. The van der Waals surface area contributed by atoms with Crippen LogP contribution in [0.1, 0.15) is 11.1 Å². The zero-order valence-electron chi connectivity index (χ0n) is 8.82. The molecule has 0 saturated heterocycles. The third kappa shape index (κ3) is 1.58. The van der Waals surface area contributed by atoms with Gasteiger partial charge in [0.1, 0.15) is 5.84 Å². The minimum absolute atomic E-state index is 0.170. The summed E-state index contributed by atoms with van der Waals surface area (Å²) < 4.78 is 0. The first-order valence-electron chi connectivity index (χ1n) is 4.76. The second kappa shape index (κ2) is 3.38. The number of carbonyl (C=O) groups excluding carboxylic acids is 1. The average molecular weight is 203 g/mol. The fourth-order valence-corrected chi connectivity index (χ4v) is 1.79. The van der Waals surface area contributed by atoms with Gasteiger partial charge in [0.05, 0.1) is 6.42 Å². The molecule has 0 radical (unpaired) electrons. The van der Waals surface area contributed by atoms with Crippen molar-refractivity contribution in [2.45, 2.75) is 6.42 Å². The summed E-state index contributed by atoms with van der Waals surface area (Å²) in [6, 6.07) is 5.82. The van der Waals surface area contributed by atoms with Crippen LogP contribution in [0.5, 0.6) is 0 Å². The van der Waals surface area contributed by atoms with Crippen LogP contribution in [0.25, 0.3) is 0 Å². The Labute approximate surface area is 88.4 Å². The van der Waals surface area contributed by atoms with Gasteiger partial charge in [-0.25, -0.2) is 0 Å². The van der Waals surface area contributed by atoms with E-state index < -0.39 is 0 Å². The predicted molar refractivity (Wildman–Crippen MR) is 60.2 cm³/mol. The van der Waals surface area contributed by atoms with Gasteiger partial charge >= 0.3 is 0 Å². The van der Waals surface area contributed by atoms with E-state index in [-0.39, 0.29) is 5.91 Å². The van der Waals surface area contributed by atoms with Gasteiger partial charge in [-0.3, -0.25) is 4.79 Å². The maximum Gasteiger partial charge on any atom is 0.252 e. The van der Waals surface area contributed by atoms with E-state index in [4.69, 9.17) is 5.73 Å². The van der Waals surface area contributed by atoms with E-state index >= 15 is 0 Å². The van der Waals surface area contributed by atoms with Gasteiger partial charge in [-0.1, -0.05) is 12.1 Å². The largest absolute Gasteiger partial charge is 0.383 e. The summed E-state index contributed by atoms with van der Waals surface area (Å²) in [5.74, 6) is 0.154. The molecule has 0 atom stereocenters. The highest BCUT2D eigenvalue weighted by Crippen LogP contribution is 2.25. The van der Waals surface area contributed by atoms with Crippen molar-refractivity contribution >= 4 is 17.4 Å². The van der Waals surface area contributed by atoms with Gasteiger partial charge in [-0.05, 0) is 11.6 Å². The van der Waals surface area contributed by atoms with Crippen LogP contribution in [0.2, 0.25) is 0 Å². The molecule has 4 heteroatoms. The average Bonchev–Trinajstić information content (AvgIpc) is 2.16. The summed E-state index contributed by atoms with van der Waals surface area (Å²) in [5, 5.41) is 0. The molecule has 0 spiro atoms. The maximum atomic E-state index is 11.2. The molecule has 0 saturated carbocycles. The summed E-state index contributed by atoms with van der Waals surface area (Å²) in [6.45, 7) is 0. The van der Waals surface area contributed by atoms with E-state index in [1.165, 1.54) is 0 Å². The van der Waals surface area contributed by atoms with E-state index in [1.54, 1.807) is 0 Å². The Morgan fingerprint density at radius 1 is 1.40 bits per heavy atom. The topological polar surface area (TPSA) is 58.7 Å². The Hall–Kier alpha value is -1.84. The zero-order chi connectivity index (χ0) is 11.0. The molecule has 0 fully saturated rings. The number of nitrogens with two attached hydrogens (primary N) is 1. The summed E-state index contributed by atoms with van der Waals surface area (Å²) in [5.41, 5.74) is 8.63. The minimum Gasteiger partial charge on any atom is -0.383 e. The first-order chi connectivity index (χ1) is 7.09. The molecule has 0 unspecified atom stereocenters. The lowest BCUT2D eigenvalue weighted by Gasteiger charge is -2.21. The van der Waals surface area contributed by atoms with E-state index in [2.05, 4.69) is 4.99 Å². The first-order valence-corrected chi connectivity index (χ1v) is 4.76. The number of amidine groups is 1. The molecule has 0 aromatic heterocycles. The van der Waals surface area contributed by atoms with Gasteiger partial charge in [0.15, 0.2) is 0 Å². The molecular weight excluding hydrogens is 190 g/mol. The smallest absolute Gasteiger partial charge is 0.252 e. The Morgan fingerprint density at radius 2 is 2.13 bits per heavy atom. The van der Waals surface area contributed by atoms with E-state index in [1.807, 2.05) is 37.2 Å². The molecule has 1 aromatic rings. The van der Waals surface area contributed by atoms with Crippen molar-refractivity contribution < 1.29 is 4.79 Å². The third-order valence-corrected chi connectivity index (χ3v) is 2.45. The number of rotatable bonds is 1. The summed E-state index contributed by atoms with van der Waals surface area (Å²) in [6.07, 6.45) is 0.345. The van der Waals surface area contributed by atoms with Crippen molar-refractivity contribution in [2.24, 2.45) is 10.7 Å². The maximum absolute atomic E-state index is 11.2. The van der Waals surface area contributed by atoms with E-state index in [0.29, 0.717) is 12.3 Å². The van der Waals surface area contributed by atoms with Crippen molar-refractivity contribution in [1.29, 1.82) is 0 Å². The quantitative estimate of drug-likeness (QED) is 0.724. The molecular formula is C11H13N3O. The molecule has 2 N–H and O–H groups in total. The molecule has 15 heavy (non-hydrogen) atoms. The standard InChI is InChI=1S/C11H13N3O/c1-14(2)8-5-3-4-7-6-9(15)13-11(12)10(7)8/h3-5H,6H2,1-2H3,(H2,12,13,15). The third-order valence-electron chi connectivity index (χ3n) is 2.45. The van der Waals surface area contributed by atoms with Crippen molar-refractivity contribution in [2.75, 3.05) is 19.0 Å². The highest BCUT2D eigenvalue weighted by atomic mass is 16.1. The van der Waals surface area contributed by atoms with Crippen LogP contribution in [0.15, 0.2) is 23.2 Å². The minimum atomic E-state index is -0.170. The summed E-state index contributed by atoms with van der Waals surface area (Å²) in [4.78, 5) is 17.0. The number of amides is 1. The Kier molecular flexibility index (Phi) is 2.19. The molecule has 4 nitrogen and oxygen atoms in total. The lowest BCUT2D eigenvalue weighted by atomic mass is 9.98. The zero-order valence-corrected chi connectivity index (χ0v) is 8.82. The van der Waals surface area contributed by atoms with Crippen LogP contribution < -0.4 is 10.6 Å². The SMILES string of the molecule is CN(C)c1cccc2c1C(N)=NC(=O)C2. The van der Waals surface area contributed by atoms with E-state index in [0.717, 1.165) is 16.8 Å².